The van der Waals surface area contributed by atoms with Crippen molar-refractivity contribution in [2.45, 2.75) is 24.5 Å². The second-order valence-electron chi connectivity index (χ2n) is 5.84. The van der Waals surface area contributed by atoms with Crippen molar-refractivity contribution < 1.29 is 27.8 Å². The molecule has 7 heteroatoms. The van der Waals surface area contributed by atoms with Crippen molar-refractivity contribution in [3.63, 3.8) is 0 Å². The van der Waals surface area contributed by atoms with Crippen molar-refractivity contribution in [1.29, 1.82) is 0 Å². The first-order valence-corrected chi connectivity index (χ1v) is 7.63. The first-order chi connectivity index (χ1) is 11.1. The van der Waals surface area contributed by atoms with E-state index in [1.165, 1.54) is 18.2 Å². The molecule has 1 amide bonds. The number of carbonyl (C=O) groups excluding carboxylic acids is 1. The number of benzene rings is 1. The van der Waals surface area contributed by atoms with Gasteiger partial charge in [-0.3, -0.25) is 4.79 Å². The van der Waals surface area contributed by atoms with Gasteiger partial charge in [-0.15, -0.1) is 0 Å². The predicted octanol–water partition coefficient (Wildman–Crippen LogP) is 1.50. The number of amides is 1. The topological polar surface area (TPSA) is 56.8 Å². The van der Waals surface area contributed by atoms with Crippen LogP contribution in [-0.2, 0) is 24.5 Å². The molecular weight excluding hydrogens is 308 g/mol. The van der Waals surface area contributed by atoms with Crippen LogP contribution in [0.3, 0.4) is 0 Å². The van der Waals surface area contributed by atoms with Crippen molar-refractivity contribution in [2.75, 3.05) is 33.0 Å². The third-order valence-electron chi connectivity index (χ3n) is 4.14. The van der Waals surface area contributed by atoms with Crippen molar-refractivity contribution in [2.24, 2.45) is 0 Å². The van der Waals surface area contributed by atoms with Crippen LogP contribution in [0, 0.1) is 11.6 Å². The molecule has 0 bridgehead atoms. The SMILES string of the molecule is O=C(COC1CCOCC1)NC1(c2c(F)cccc2F)COC1. The van der Waals surface area contributed by atoms with E-state index in [9.17, 15) is 13.6 Å². The number of hydrogen-bond acceptors (Lipinski definition) is 4. The van der Waals surface area contributed by atoms with Crippen molar-refractivity contribution in [3.05, 3.63) is 35.4 Å². The highest BCUT2D eigenvalue weighted by atomic mass is 19.1. The quantitative estimate of drug-likeness (QED) is 0.890. The van der Waals surface area contributed by atoms with Gasteiger partial charge in [0.1, 0.15) is 23.8 Å². The van der Waals surface area contributed by atoms with Gasteiger partial charge in [0.05, 0.1) is 24.9 Å². The molecule has 23 heavy (non-hydrogen) atoms. The highest BCUT2D eigenvalue weighted by Gasteiger charge is 2.45. The zero-order chi connectivity index (χ0) is 16.3. The van der Waals surface area contributed by atoms with Gasteiger partial charge in [-0.05, 0) is 25.0 Å². The summed E-state index contributed by atoms with van der Waals surface area (Å²) < 4.78 is 43.8. The second-order valence-corrected chi connectivity index (χ2v) is 5.84. The Morgan fingerprint density at radius 3 is 2.43 bits per heavy atom. The monoisotopic (exact) mass is 327 g/mol. The van der Waals surface area contributed by atoms with E-state index >= 15 is 0 Å². The van der Waals surface area contributed by atoms with Crippen LogP contribution in [0.25, 0.3) is 0 Å². The Morgan fingerprint density at radius 2 is 1.87 bits per heavy atom. The average molecular weight is 327 g/mol. The highest BCUT2D eigenvalue weighted by Crippen LogP contribution is 2.33. The highest BCUT2D eigenvalue weighted by molar-refractivity contribution is 5.78. The lowest BCUT2D eigenvalue weighted by Gasteiger charge is -2.42. The Balaban J connectivity index is 1.63. The summed E-state index contributed by atoms with van der Waals surface area (Å²) in [7, 11) is 0. The maximum atomic E-state index is 14.0. The molecule has 0 spiro atoms. The van der Waals surface area contributed by atoms with Crippen LogP contribution in [0.15, 0.2) is 18.2 Å². The van der Waals surface area contributed by atoms with Gasteiger partial charge < -0.3 is 19.5 Å². The number of halogens is 2. The summed E-state index contributed by atoms with van der Waals surface area (Å²) in [6, 6.07) is 3.63. The van der Waals surface area contributed by atoms with E-state index in [1.807, 2.05) is 0 Å². The lowest BCUT2D eigenvalue weighted by atomic mass is 9.87. The third-order valence-corrected chi connectivity index (χ3v) is 4.14. The minimum atomic E-state index is -1.16. The van der Waals surface area contributed by atoms with E-state index in [0.29, 0.717) is 13.2 Å². The summed E-state index contributed by atoms with van der Waals surface area (Å²) >= 11 is 0. The van der Waals surface area contributed by atoms with Gasteiger partial charge in [0, 0.05) is 13.2 Å². The van der Waals surface area contributed by atoms with Crippen LogP contribution in [0.2, 0.25) is 0 Å². The predicted molar refractivity (Wildman–Crippen MR) is 76.8 cm³/mol. The molecule has 2 fully saturated rings. The lowest BCUT2D eigenvalue weighted by Crippen LogP contribution is -2.61. The molecule has 0 unspecified atom stereocenters. The molecule has 2 saturated heterocycles. The van der Waals surface area contributed by atoms with Crippen LogP contribution in [0.5, 0.6) is 0 Å². The molecule has 1 aromatic rings. The smallest absolute Gasteiger partial charge is 0.246 e. The van der Waals surface area contributed by atoms with Crippen LogP contribution in [0.1, 0.15) is 18.4 Å². The molecule has 3 rings (SSSR count). The van der Waals surface area contributed by atoms with Gasteiger partial charge in [0.15, 0.2) is 0 Å². The fraction of sp³-hybridized carbons (Fsp3) is 0.562. The van der Waals surface area contributed by atoms with Crippen LogP contribution in [0.4, 0.5) is 8.78 Å². The van der Waals surface area contributed by atoms with E-state index in [-0.39, 0.29) is 31.5 Å². The summed E-state index contributed by atoms with van der Waals surface area (Å²) in [5.41, 5.74) is -1.32. The Labute approximate surface area is 132 Å². The normalized spacial score (nSPS) is 20.8. The standard InChI is InChI=1S/C16H19F2NO4/c17-12-2-1-3-13(18)15(12)16(9-22-10-16)19-14(20)8-23-11-4-6-21-7-5-11/h1-3,11H,4-10H2,(H,19,20). The lowest BCUT2D eigenvalue weighted by molar-refractivity contribution is -0.142. The van der Waals surface area contributed by atoms with Crippen molar-refractivity contribution in [3.8, 4) is 0 Å². The molecule has 5 nitrogen and oxygen atoms in total. The molecule has 1 N–H and O–H groups in total. The molecule has 0 saturated carbocycles. The summed E-state index contributed by atoms with van der Waals surface area (Å²) in [4.78, 5) is 12.1. The number of hydrogen-bond donors (Lipinski definition) is 1. The number of carbonyl (C=O) groups is 1. The molecule has 126 valence electrons. The zero-order valence-electron chi connectivity index (χ0n) is 12.6. The fourth-order valence-corrected chi connectivity index (χ4v) is 2.88. The molecule has 2 heterocycles. The molecular formula is C16H19F2NO4. The summed E-state index contributed by atoms with van der Waals surface area (Å²) in [6.45, 7) is 1.15. The van der Waals surface area contributed by atoms with E-state index in [1.54, 1.807) is 0 Å². The molecule has 0 radical (unpaired) electrons. The fourth-order valence-electron chi connectivity index (χ4n) is 2.88. The first kappa shape index (κ1) is 16.3. The van der Waals surface area contributed by atoms with Crippen LogP contribution < -0.4 is 5.32 Å². The van der Waals surface area contributed by atoms with Gasteiger partial charge >= 0.3 is 0 Å². The Bertz CT molecular complexity index is 551. The van der Waals surface area contributed by atoms with Crippen molar-refractivity contribution >= 4 is 5.91 Å². The van der Waals surface area contributed by atoms with Crippen LogP contribution in [-0.4, -0.2) is 45.0 Å². The molecule has 0 aromatic heterocycles. The molecule has 0 aliphatic carbocycles. The van der Waals surface area contributed by atoms with E-state index in [2.05, 4.69) is 5.32 Å². The Hall–Kier alpha value is -1.57. The van der Waals surface area contributed by atoms with E-state index in [0.717, 1.165) is 12.8 Å². The maximum Gasteiger partial charge on any atom is 0.246 e. The summed E-state index contributed by atoms with van der Waals surface area (Å²) in [6.07, 6.45) is 1.46. The minimum absolute atomic E-state index is 0.0201. The number of nitrogens with one attached hydrogen (secondary N) is 1. The molecule has 2 aliphatic heterocycles. The van der Waals surface area contributed by atoms with Gasteiger partial charge in [0.2, 0.25) is 5.91 Å². The molecule has 1 aromatic carbocycles. The Morgan fingerprint density at radius 1 is 1.22 bits per heavy atom. The number of ether oxygens (including phenoxy) is 3. The van der Waals surface area contributed by atoms with E-state index < -0.39 is 23.1 Å². The molecule has 0 atom stereocenters. The largest absolute Gasteiger partial charge is 0.381 e. The third kappa shape index (κ3) is 3.52. The maximum absolute atomic E-state index is 14.0. The van der Waals surface area contributed by atoms with Crippen LogP contribution >= 0.6 is 0 Å². The van der Waals surface area contributed by atoms with Gasteiger partial charge in [-0.1, -0.05) is 6.07 Å². The van der Waals surface area contributed by atoms with Gasteiger partial charge in [-0.25, -0.2) is 8.78 Å². The average Bonchev–Trinajstić information content (AvgIpc) is 2.51. The first-order valence-electron chi connectivity index (χ1n) is 7.63. The van der Waals surface area contributed by atoms with E-state index in [4.69, 9.17) is 14.2 Å². The number of rotatable bonds is 5. The molecule has 2 aliphatic rings. The summed E-state index contributed by atoms with van der Waals surface area (Å²) in [5.74, 6) is -1.81. The zero-order valence-corrected chi connectivity index (χ0v) is 12.6. The van der Waals surface area contributed by atoms with Gasteiger partial charge in [0.25, 0.3) is 0 Å². The van der Waals surface area contributed by atoms with Gasteiger partial charge in [-0.2, -0.15) is 0 Å². The summed E-state index contributed by atoms with van der Waals surface area (Å²) in [5, 5.41) is 2.67. The minimum Gasteiger partial charge on any atom is -0.381 e. The van der Waals surface area contributed by atoms with Crippen molar-refractivity contribution in [1.82, 2.24) is 5.32 Å². The second kappa shape index (κ2) is 6.90. The Kier molecular flexibility index (Phi) is 4.89.